The van der Waals surface area contributed by atoms with Crippen LogP contribution >= 0.6 is 11.3 Å². The number of nitrogen functional groups attached to an aromatic ring is 1. The maximum atomic E-state index is 12.4. The molecule has 0 aliphatic carbocycles. The van der Waals surface area contributed by atoms with E-state index in [0.29, 0.717) is 16.4 Å². The fourth-order valence-electron chi connectivity index (χ4n) is 1.87. The molecule has 2 aromatic heterocycles. The molecule has 4 nitrogen and oxygen atoms in total. The average molecular weight is 269 g/mol. The number of thiophene rings is 1. The lowest BCUT2D eigenvalue weighted by Crippen LogP contribution is -2.13. The van der Waals surface area contributed by atoms with Crippen molar-refractivity contribution in [2.45, 2.75) is 0 Å². The number of hydrogen-bond donors (Lipinski definition) is 1. The van der Waals surface area contributed by atoms with Crippen molar-refractivity contribution in [3.8, 4) is 11.3 Å². The van der Waals surface area contributed by atoms with Crippen LogP contribution in [0.5, 0.6) is 0 Å². The molecule has 0 unspecified atom stereocenters. The van der Waals surface area contributed by atoms with Crippen LogP contribution in [-0.4, -0.2) is 15.7 Å². The molecular weight excluding hydrogens is 258 g/mol. The van der Waals surface area contributed by atoms with E-state index in [2.05, 4.69) is 5.10 Å². The predicted octanol–water partition coefficient (Wildman–Crippen LogP) is 2.88. The molecule has 0 bridgehead atoms. The Morgan fingerprint density at radius 2 is 1.95 bits per heavy atom. The summed E-state index contributed by atoms with van der Waals surface area (Å²) in [6.07, 6.45) is 0. The first-order valence-corrected chi connectivity index (χ1v) is 6.63. The lowest BCUT2D eigenvalue weighted by atomic mass is 10.1. The van der Waals surface area contributed by atoms with Crippen molar-refractivity contribution >= 4 is 23.1 Å². The molecule has 0 saturated carbocycles. The van der Waals surface area contributed by atoms with Crippen LogP contribution in [0.25, 0.3) is 11.3 Å². The van der Waals surface area contributed by atoms with Crippen LogP contribution in [0.3, 0.4) is 0 Å². The second-order valence-electron chi connectivity index (χ2n) is 4.01. The summed E-state index contributed by atoms with van der Waals surface area (Å²) in [4.78, 5) is 13.0. The molecule has 3 rings (SSSR count). The van der Waals surface area contributed by atoms with E-state index in [1.807, 2.05) is 41.8 Å². The van der Waals surface area contributed by atoms with Crippen LogP contribution in [-0.2, 0) is 0 Å². The number of nitrogens with zero attached hydrogens (tertiary/aromatic N) is 2. The molecule has 2 heterocycles. The van der Waals surface area contributed by atoms with Gasteiger partial charge in [0, 0.05) is 11.6 Å². The van der Waals surface area contributed by atoms with Gasteiger partial charge in [-0.25, -0.2) is 0 Å². The smallest absolute Gasteiger partial charge is 0.288 e. The van der Waals surface area contributed by atoms with E-state index in [9.17, 15) is 4.79 Å². The van der Waals surface area contributed by atoms with Crippen molar-refractivity contribution in [2.75, 3.05) is 5.73 Å². The van der Waals surface area contributed by atoms with Gasteiger partial charge in [-0.15, -0.1) is 16.4 Å². The van der Waals surface area contributed by atoms with Crippen molar-refractivity contribution in [2.24, 2.45) is 0 Å². The Labute approximate surface area is 114 Å². The van der Waals surface area contributed by atoms with Gasteiger partial charge in [-0.1, -0.05) is 36.4 Å². The third-order valence-electron chi connectivity index (χ3n) is 2.72. The first-order chi connectivity index (χ1) is 9.25. The third kappa shape index (κ3) is 2.15. The molecule has 0 aliphatic heterocycles. The molecule has 0 saturated heterocycles. The Balaban J connectivity index is 2.10. The maximum absolute atomic E-state index is 12.4. The fourth-order valence-corrected chi connectivity index (χ4v) is 2.52. The molecular formula is C14H11N3OS. The Hall–Kier alpha value is -2.40. The molecule has 19 heavy (non-hydrogen) atoms. The van der Waals surface area contributed by atoms with Crippen LogP contribution in [0.15, 0.2) is 53.9 Å². The minimum Gasteiger partial charge on any atom is -0.382 e. The highest BCUT2D eigenvalue weighted by Crippen LogP contribution is 2.23. The Kier molecular flexibility index (Phi) is 2.89. The highest BCUT2D eigenvalue weighted by Gasteiger charge is 2.17. The van der Waals surface area contributed by atoms with Crippen molar-refractivity contribution in [1.82, 2.24) is 9.78 Å². The van der Waals surface area contributed by atoms with Crippen LogP contribution in [0.2, 0.25) is 0 Å². The highest BCUT2D eigenvalue weighted by atomic mass is 32.1. The van der Waals surface area contributed by atoms with Gasteiger partial charge in [-0.05, 0) is 11.4 Å². The SMILES string of the molecule is Nc1cc(-c2ccccc2)n(C(=O)c2cccs2)n1. The van der Waals surface area contributed by atoms with Crippen LogP contribution in [0.4, 0.5) is 5.82 Å². The van der Waals surface area contributed by atoms with Gasteiger partial charge in [0.05, 0.1) is 10.6 Å². The summed E-state index contributed by atoms with van der Waals surface area (Å²) < 4.78 is 1.36. The number of anilines is 1. The molecule has 0 radical (unpaired) electrons. The molecule has 0 aliphatic rings. The summed E-state index contributed by atoms with van der Waals surface area (Å²) in [5.74, 6) is 0.175. The minimum atomic E-state index is -0.162. The van der Waals surface area contributed by atoms with Gasteiger partial charge in [-0.2, -0.15) is 4.68 Å². The first-order valence-electron chi connectivity index (χ1n) is 5.75. The number of carbonyl (C=O) groups is 1. The van der Waals surface area contributed by atoms with Gasteiger partial charge >= 0.3 is 0 Å². The summed E-state index contributed by atoms with van der Waals surface area (Å²) in [6.45, 7) is 0. The predicted molar refractivity (Wildman–Crippen MR) is 76.1 cm³/mol. The zero-order valence-corrected chi connectivity index (χ0v) is 10.8. The Morgan fingerprint density at radius 3 is 2.63 bits per heavy atom. The van der Waals surface area contributed by atoms with E-state index in [1.54, 1.807) is 12.1 Å². The summed E-state index contributed by atoms with van der Waals surface area (Å²) in [5, 5.41) is 5.96. The van der Waals surface area contributed by atoms with Crippen molar-refractivity contribution in [3.63, 3.8) is 0 Å². The Bertz CT molecular complexity index is 702. The lowest BCUT2D eigenvalue weighted by Gasteiger charge is -2.04. The maximum Gasteiger partial charge on any atom is 0.288 e. The monoisotopic (exact) mass is 269 g/mol. The van der Waals surface area contributed by atoms with E-state index in [0.717, 1.165) is 5.56 Å². The van der Waals surface area contributed by atoms with E-state index in [1.165, 1.54) is 16.0 Å². The number of benzene rings is 1. The summed E-state index contributed by atoms with van der Waals surface area (Å²) in [5.41, 5.74) is 7.35. The molecule has 3 aromatic rings. The quantitative estimate of drug-likeness (QED) is 0.778. The van der Waals surface area contributed by atoms with Gasteiger partial charge in [-0.3, -0.25) is 4.79 Å². The number of rotatable bonds is 2. The van der Waals surface area contributed by atoms with E-state index < -0.39 is 0 Å². The number of nitrogens with two attached hydrogens (primary N) is 1. The first kappa shape index (κ1) is 11.7. The van der Waals surface area contributed by atoms with Crippen LogP contribution < -0.4 is 5.73 Å². The third-order valence-corrected chi connectivity index (χ3v) is 3.58. The number of aromatic nitrogens is 2. The van der Waals surface area contributed by atoms with Gasteiger partial charge in [0.15, 0.2) is 0 Å². The lowest BCUT2D eigenvalue weighted by molar-refractivity contribution is 0.0951. The minimum absolute atomic E-state index is 0.162. The van der Waals surface area contributed by atoms with E-state index in [-0.39, 0.29) is 5.91 Å². The summed E-state index contributed by atoms with van der Waals surface area (Å²) in [6, 6.07) is 14.9. The molecule has 0 fully saturated rings. The molecule has 1 aromatic carbocycles. The van der Waals surface area contributed by atoms with E-state index >= 15 is 0 Å². The van der Waals surface area contributed by atoms with Crippen LogP contribution in [0.1, 0.15) is 9.67 Å². The van der Waals surface area contributed by atoms with Gasteiger partial charge < -0.3 is 5.73 Å². The van der Waals surface area contributed by atoms with Crippen molar-refractivity contribution < 1.29 is 4.79 Å². The average Bonchev–Trinajstić information content (AvgIpc) is 3.08. The molecule has 0 atom stereocenters. The second-order valence-corrected chi connectivity index (χ2v) is 4.96. The molecule has 94 valence electrons. The highest BCUT2D eigenvalue weighted by molar-refractivity contribution is 7.12. The van der Waals surface area contributed by atoms with E-state index in [4.69, 9.17) is 5.73 Å². The topological polar surface area (TPSA) is 60.9 Å². The van der Waals surface area contributed by atoms with Crippen LogP contribution in [0, 0.1) is 0 Å². The summed E-state index contributed by atoms with van der Waals surface area (Å²) in [7, 11) is 0. The normalized spacial score (nSPS) is 10.5. The molecule has 0 amide bonds. The molecule has 0 spiro atoms. The van der Waals surface area contributed by atoms with Gasteiger partial charge in [0.2, 0.25) is 0 Å². The Morgan fingerprint density at radius 1 is 1.16 bits per heavy atom. The number of hydrogen-bond acceptors (Lipinski definition) is 4. The standard InChI is InChI=1S/C14H11N3OS/c15-13-9-11(10-5-2-1-3-6-10)17(16-13)14(18)12-7-4-8-19-12/h1-9H,(H2,15,16). The molecule has 2 N–H and O–H groups in total. The zero-order chi connectivity index (χ0) is 13.2. The largest absolute Gasteiger partial charge is 0.382 e. The molecule has 5 heteroatoms. The second kappa shape index (κ2) is 4.70. The summed E-state index contributed by atoms with van der Waals surface area (Å²) >= 11 is 1.39. The van der Waals surface area contributed by atoms with Gasteiger partial charge in [0.25, 0.3) is 5.91 Å². The van der Waals surface area contributed by atoms with Crippen molar-refractivity contribution in [3.05, 3.63) is 58.8 Å². The zero-order valence-electron chi connectivity index (χ0n) is 9.98. The fraction of sp³-hybridized carbons (Fsp3) is 0. The van der Waals surface area contributed by atoms with Gasteiger partial charge in [0.1, 0.15) is 5.82 Å². The number of carbonyl (C=O) groups excluding carboxylic acids is 1. The van der Waals surface area contributed by atoms with Crippen molar-refractivity contribution in [1.29, 1.82) is 0 Å².